The largest absolute Gasteiger partial charge is 0.386 e. The second-order valence-electron chi connectivity index (χ2n) is 4.44. The van der Waals surface area contributed by atoms with Crippen LogP contribution < -0.4 is 0 Å². The highest BCUT2D eigenvalue weighted by molar-refractivity contribution is 6.34. The van der Waals surface area contributed by atoms with Crippen LogP contribution in [0, 0.1) is 6.92 Å². The van der Waals surface area contributed by atoms with Crippen molar-refractivity contribution in [3.63, 3.8) is 0 Å². The van der Waals surface area contributed by atoms with Crippen LogP contribution in [-0.4, -0.2) is 16.3 Å². The number of ketones is 1. The number of aryl methyl sites for hydroxylation is 1. The normalized spacial score (nSPS) is 13.8. The zero-order chi connectivity index (χ0) is 13.8. The molecule has 0 spiro atoms. The van der Waals surface area contributed by atoms with E-state index < -0.39 is 11.5 Å². The molecule has 98 valence electrons. The Morgan fingerprint density at radius 2 is 1.63 bits per heavy atom. The Morgan fingerprint density at radius 1 is 1.05 bits per heavy atom. The van der Waals surface area contributed by atoms with Crippen molar-refractivity contribution in [2.24, 2.45) is 0 Å². The Morgan fingerprint density at radius 3 is 2.26 bits per heavy atom. The lowest BCUT2D eigenvalue weighted by Crippen LogP contribution is -2.23. The lowest BCUT2D eigenvalue weighted by atomic mass is 9.97. The number of rotatable bonds is 4. The van der Waals surface area contributed by atoms with Gasteiger partial charge in [0, 0.05) is 5.56 Å². The Balaban J connectivity index is 2.23. The first-order valence-corrected chi connectivity index (χ1v) is 6.52. The fourth-order valence-electron chi connectivity index (χ4n) is 1.96. The number of carbonyl (C=O) groups is 1. The van der Waals surface area contributed by atoms with Gasteiger partial charge < -0.3 is 5.11 Å². The van der Waals surface area contributed by atoms with Crippen LogP contribution in [0.25, 0.3) is 0 Å². The zero-order valence-corrected chi connectivity index (χ0v) is 11.3. The van der Waals surface area contributed by atoms with Gasteiger partial charge in [-0.15, -0.1) is 11.6 Å². The molecule has 0 radical (unpaired) electrons. The third kappa shape index (κ3) is 3.03. The van der Waals surface area contributed by atoms with Gasteiger partial charge in [0.1, 0.15) is 11.5 Å². The van der Waals surface area contributed by atoms with E-state index in [4.69, 9.17) is 11.6 Å². The molecule has 1 N–H and O–H groups in total. The zero-order valence-electron chi connectivity index (χ0n) is 10.6. The van der Waals surface area contributed by atoms with Crippen molar-refractivity contribution in [1.82, 2.24) is 0 Å². The minimum Gasteiger partial charge on any atom is -0.386 e. The smallest absolute Gasteiger partial charge is 0.183 e. The first-order valence-electron chi connectivity index (χ1n) is 6.08. The maximum absolute atomic E-state index is 12.3. The van der Waals surface area contributed by atoms with Crippen LogP contribution in [0.3, 0.4) is 0 Å². The van der Waals surface area contributed by atoms with Gasteiger partial charge in [-0.05, 0) is 18.1 Å². The predicted octanol–water partition coefficient (Wildman–Crippen LogP) is 3.52. The molecule has 0 aromatic heterocycles. The SMILES string of the molecule is Cc1ccccc1C(=O)C(Cl)C(O)c1ccccc1. The first kappa shape index (κ1) is 13.8. The molecule has 0 aliphatic carbocycles. The van der Waals surface area contributed by atoms with Gasteiger partial charge in [0.25, 0.3) is 0 Å². The summed E-state index contributed by atoms with van der Waals surface area (Å²) in [6, 6.07) is 16.2. The second-order valence-corrected chi connectivity index (χ2v) is 4.91. The van der Waals surface area contributed by atoms with Crippen LogP contribution in [0.15, 0.2) is 54.6 Å². The number of aliphatic hydroxyl groups excluding tert-OH is 1. The van der Waals surface area contributed by atoms with Gasteiger partial charge >= 0.3 is 0 Å². The summed E-state index contributed by atoms with van der Waals surface area (Å²) in [6.07, 6.45) is -1.00. The summed E-state index contributed by atoms with van der Waals surface area (Å²) in [6.45, 7) is 1.85. The van der Waals surface area contributed by atoms with Crippen LogP contribution in [-0.2, 0) is 0 Å². The molecular formula is C16H15ClO2. The number of halogens is 1. The van der Waals surface area contributed by atoms with Crippen molar-refractivity contribution < 1.29 is 9.90 Å². The molecule has 19 heavy (non-hydrogen) atoms. The molecule has 2 atom stereocenters. The second kappa shape index (κ2) is 6.00. The number of benzene rings is 2. The van der Waals surface area contributed by atoms with E-state index in [0.717, 1.165) is 5.56 Å². The van der Waals surface area contributed by atoms with Crippen LogP contribution >= 0.6 is 11.6 Å². The maximum atomic E-state index is 12.3. The molecule has 0 fully saturated rings. The molecule has 2 unspecified atom stereocenters. The van der Waals surface area contributed by atoms with Crippen molar-refractivity contribution in [2.75, 3.05) is 0 Å². The summed E-state index contributed by atoms with van der Waals surface area (Å²) in [5.41, 5.74) is 2.06. The minimum atomic E-state index is -1.00. The van der Waals surface area contributed by atoms with E-state index in [-0.39, 0.29) is 5.78 Å². The van der Waals surface area contributed by atoms with Gasteiger partial charge in [-0.25, -0.2) is 0 Å². The van der Waals surface area contributed by atoms with Crippen molar-refractivity contribution in [2.45, 2.75) is 18.4 Å². The van der Waals surface area contributed by atoms with Crippen LogP contribution in [0.2, 0.25) is 0 Å². The summed E-state index contributed by atoms with van der Waals surface area (Å²) in [7, 11) is 0. The third-order valence-corrected chi connectivity index (χ3v) is 3.52. The van der Waals surface area contributed by atoms with Gasteiger partial charge in [-0.1, -0.05) is 54.6 Å². The lowest BCUT2D eigenvalue weighted by Gasteiger charge is -2.17. The van der Waals surface area contributed by atoms with Crippen LogP contribution in [0.4, 0.5) is 0 Å². The highest BCUT2D eigenvalue weighted by Gasteiger charge is 2.27. The average molecular weight is 275 g/mol. The maximum Gasteiger partial charge on any atom is 0.183 e. The molecular weight excluding hydrogens is 260 g/mol. The standard InChI is InChI=1S/C16H15ClO2/c1-11-7-5-6-10-13(11)16(19)14(17)15(18)12-8-3-2-4-9-12/h2-10,14-15,18H,1H3. The molecule has 0 bridgehead atoms. The minimum absolute atomic E-state index is 0.254. The van der Waals surface area contributed by atoms with Gasteiger partial charge in [0.2, 0.25) is 0 Å². The molecule has 2 nitrogen and oxygen atoms in total. The molecule has 0 aliphatic rings. The monoisotopic (exact) mass is 274 g/mol. The van der Waals surface area contributed by atoms with E-state index in [1.807, 2.05) is 25.1 Å². The summed E-state index contributed by atoms with van der Waals surface area (Å²) in [5.74, 6) is -0.254. The summed E-state index contributed by atoms with van der Waals surface area (Å²) >= 11 is 6.12. The first-order chi connectivity index (χ1) is 9.11. The van der Waals surface area contributed by atoms with E-state index >= 15 is 0 Å². The van der Waals surface area contributed by atoms with Gasteiger partial charge in [-0.3, -0.25) is 4.79 Å². The van der Waals surface area contributed by atoms with Gasteiger partial charge in [0.05, 0.1) is 0 Å². The van der Waals surface area contributed by atoms with E-state index in [1.54, 1.807) is 36.4 Å². The van der Waals surface area contributed by atoms with Crippen molar-refractivity contribution in [3.05, 3.63) is 71.3 Å². The Kier molecular flexibility index (Phi) is 4.35. The van der Waals surface area contributed by atoms with Crippen molar-refractivity contribution in [3.8, 4) is 0 Å². The third-order valence-electron chi connectivity index (χ3n) is 3.08. The molecule has 0 saturated carbocycles. The molecule has 3 heteroatoms. The molecule has 2 rings (SSSR count). The summed E-state index contributed by atoms with van der Waals surface area (Å²) in [5, 5.41) is 9.18. The lowest BCUT2D eigenvalue weighted by molar-refractivity contribution is 0.0890. The number of hydrogen-bond donors (Lipinski definition) is 1. The quantitative estimate of drug-likeness (QED) is 0.684. The van der Waals surface area contributed by atoms with E-state index in [9.17, 15) is 9.90 Å². The summed E-state index contributed by atoms with van der Waals surface area (Å²) < 4.78 is 0. The predicted molar refractivity (Wildman–Crippen MR) is 76.6 cm³/mol. The average Bonchev–Trinajstić information content (AvgIpc) is 2.46. The number of hydrogen-bond acceptors (Lipinski definition) is 2. The Hall–Kier alpha value is -1.64. The molecule has 0 saturated heterocycles. The molecule has 0 aliphatic heterocycles. The van der Waals surface area contributed by atoms with Crippen molar-refractivity contribution >= 4 is 17.4 Å². The fraction of sp³-hybridized carbons (Fsp3) is 0.188. The highest BCUT2D eigenvalue weighted by Crippen LogP contribution is 2.25. The van der Waals surface area contributed by atoms with Crippen LogP contribution in [0.1, 0.15) is 27.6 Å². The highest BCUT2D eigenvalue weighted by atomic mass is 35.5. The van der Waals surface area contributed by atoms with Crippen molar-refractivity contribution in [1.29, 1.82) is 0 Å². The topological polar surface area (TPSA) is 37.3 Å². The van der Waals surface area contributed by atoms with E-state index in [1.165, 1.54) is 0 Å². The van der Waals surface area contributed by atoms with E-state index in [2.05, 4.69) is 0 Å². The number of Topliss-reactive ketones (excluding diaryl/α,β-unsaturated/α-hetero) is 1. The Labute approximate surface area is 117 Å². The Bertz CT molecular complexity index is 566. The van der Waals surface area contributed by atoms with Gasteiger partial charge in [-0.2, -0.15) is 0 Å². The summed E-state index contributed by atoms with van der Waals surface area (Å²) in [4.78, 5) is 12.3. The molecule has 0 amide bonds. The molecule has 0 heterocycles. The van der Waals surface area contributed by atoms with E-state index in [0.29, 0.717) is 11.1 Å². The number of alkyl halides is 1. The number of aliphatic hydroxyl groups is 1. The van der Waals surface area contributed by atoms with Gasteiger partial charge in [0.15, 0.2) is 5.78 Å². The molecule has 2 aromatic carbocycles. The molecule has 2 aromatic rings. The number of carbonyl (C=O) groups excluding carboxylic acids is 1. The van der Waals surface area contributed by atoms with Crippen LogP contribution in [0.5, 0.6) is 0 Å². The fourth-order valence-corrected chi connectivity index (χ4v) is 2.22.